The topological polar surface area (TPSA) is 142 Å². The number of esters is 4. The molecule has 12 nitrogen and oxygen atoms in total. The minimum absolute atomic E-state index is 0.0329. The molecule has 0 fully saturated rings. The average Bonchev–Trinajstić information content (AvgIpc) is 2.90. The molecule has 1 heterocycles. The molecule has 2 aromatic rings. The highest BCUT2D eigenvalue weighted by Gasteiger charge is 2.43. The molecule has 2 atom stereocenters. The highest BCUT2D eigenvalue weighted by molar-refractivity contribution is 5.88. The lowest BCUT2D eigenvalue weighted by molar-refractivity contribution is -0.155. The molecule has 2 aromatic carbocycles. The highest BCUT2D eigenvalue weighted by atomic mass is 16.6. The van der Waals surface area contributed by atoms with Gasteiger partial charge in [-0.05, 0) is 30.3 Å². The van der Waals surface area contributed by atoms with E-state index in [1.54, 1.807) is 12.1 Å². The fourth-order valence-corrected chi connectivity index (χ4v) is 3.70. The van der Waals surface area contributed by atoms with Crippen molar-refractivity contribution in [1.29, 1.82) is 0 Å². The molecule has 3 rings (SSSR count). The van der Waals surface area contributed by atoms with Gasteiger partial charge in [-0.25, -0.2) is 9.59 Å². The van der Waals surface area contributed by atoms with E-state index in [1.165, 1.54) is 59.6 Å². The highest BCUT2D eigenvalue weighted by Crippen LogP contribution is 2.51. The number of carbonyl (C=O) groups is 4. The van der Waals surface area contributed by atoms with Crippen molar-refractivity contribution < 1.29 is 57.1 Å². The molecule has 0 saturated carbocycles. The summed E-state index contributed by atoms with van der Waals surface area (Å²) in [4.78, 5) is 47.8. The Morgan fingerprint density at radius 2 is 1.47 bits per heavy atom. The standard InChI is InChI=1S/C26H26O12/c1-13(27)35-17-11-9-16(21(33-5)24(17)36-14(2)28)22-25(26(30)34-6)38-23-18(37-22)10-7-15(20(23)32-4)8-12-19(29)31-3/h7-12,22,25H,1-6H3/b12-8+/t22-,25-/m1/s1. The summed E-state index contributed by atoms with van der Waals surface area (Å²) in [6.07, 6.45) is 0.114. The summed E-state index contributed by atoms with van der Waals surface area (Å²) >= 11 is 0. The number of ether oxygens (including phenoxy) is 8. The summed E-state index contributed by atoms with van der Waals surface area (Å²) in [5.74, 6) is -2.57. The molecule has 0 saturated heterocycles. The number of carbonyl (C=O) groups excluding carboxylic acids is 4. The number of benzene rings is 2. The first kappa shape index (κ1) is 27.8. The quantitative estimate of drug-likeness (QED) is 0.281. The third-order valence-electron chi connectivity index (χ3n) is 5.23. The lowest BCUT2D eigenvalue weighted by Gasteiger charge is -2.34. The Bertz CT molecular complexity index is 1280. The smallest absolute Gasteiger partial charge is 0.351 e. The van der Waals surface area contributed by atoms with Crippen molar-refractivity contribution >= 4 is 30.0 Å². The van der Waals surface area contributed by atoms with E-state index in [0.717, 1.165) is 6.92 Å². The molecule has 0 radical (unpaired) electrons. The van der Waals surface area contributed by atoms with Crippen LogP contribution in [0.25, 0.3) is 6.08 Å². The number of methoxy groups -OCH3 is 4. The Balaban J connectivity index is 2.17. The van der Waals surface area contributed by atoms with Crippen LogP contribution in [0.2, 0.25) is 0 Å². The van der Waals surface area contributed by atoms with Crippen molar-refractivity contribution in [2.24, 2.45) is 0 Å². The van der Waals surface area contributed by atoms with Gasteiger partial charge in [-0.15, -0.1) is 0 Å². The first-order chi connectivity index (χ1) is 18.1. The second-order valence-corrected chi connectivity index (χ2v) is 7.67. The third kappa shape index (κ3) is 5.80. The fourth-order valence-electron chi connectivity index (χ4n) is 3.70. The lowest BCUT2D eigenvalue weighted by Crippen LogP contribution is -2.40. The average molecular weight is 530 g/mol. The summed E-state index contributed by atoms with van der Waals surface area (Å²) < 4.78 is 43.2. The van der Waals surface area contributed by atoms with Gasteiger partial charge in [0, 0.05) is 31.1 Å². The van der Waals surface area contributed by atoms with Gasteiger partial charge in [0.25, 0.3) is 0 Å². The van der Waals surface area contributed by atoms with Crippen LogP contribution in [0.4, 0.5) is 0 Å². The molecule has 0 spiro atoms. The molecule has 0 aromatic heterocycles. The number of hydrogen-bond acceptors (Lipinski definition) is 12. The zero-order chi connectivity index (χ0) is 28.0. The molecular formula is C26H26O12. The van der Waals surface area contributed by atoms with Crippen molar-refractivity contribution in [3.8, 4) is 34.5 Å². The number of rotatable bonds is 8. The van der Waals surface area contributed by atoms with E-state index in [1.807, 2.05) is 0 Å². The van der Waals surface area contributed by atoms with E-state index in [2.05, 4.69) is 4.74 Å². The van der Waals surface area contributed by atoms with Gasteiger partial charge in [0.15, 0.2) is 29.1 Å². The van der Waals surface area contributed by atoms with Crippen LogP contribution >= 0.6 is 0 Å². The van der Waals surface area contributed by atoms with Crippen molar-refractivity contribution in [2.45, 2.75) is 26.1 Å². The summed E-state index contributed by atoms with van der Waals surface area (Å²) in [5.41, 5.74) is 0.678. The second-order valence-electron chi connectivity index (χ2n) is 7.67. The Labute approximate surface area is 217 Å². The zero-order valence-corrected chi connectivity index (χ0v) is 21.5. The Morgan fingerprint density at radius 1 is 0.789 bits per heavy atom. The maximum atomic E-state index is 12.8. The fraction of sp³-hybridized carbons (Fsp3) is 0.308. The zero-order valence-electron chi connectivity index (χ0n) is 21.5. The summed E-state index contributed by atoms with van der Waals surface area (Å²) in [6.45, 7) is 2.35. The monoisotopic (exact) mass is 530 g/mol. The first-order valence-electron chi connectivity index (χ1n) is 11.1. The summed E-state index contributed by atoms with van der Waals surface area (Å²) in [5, 5.41) is 0. The molecule has 202 valence electrons. The Hall–Kier alpha value is -4.74. The van der Waals surface area contributed by atoms with Gasteiger partial charge in [0.2, 0.25) is 17.6 Å². The summed E-state index contributed by atoms with van der Waals surface area (Å²) in [6, 6.07) is 6.01. The van der Waals surface area contributed by atoms with Crippen LogP contribution in [0.15, 0.2) is 30.3 Å². The minimum atomic E-state index is -1.38. The number of hydrogen-bond donors (Lipinski definition) is 0. The van der Waals surface area contributed by atoms with Gasteiger partial charge < -0.3 is 37.9 Å². The molecule has 1 aliphatic heterocycles. The van der Waals surface area contributed by atoms with Crippen molar-refractivity contribution in [3.63, 3.8) is 0 Å². The van der Waals surface area contributed by atoms with Gasteiger partial charge in [-0.2, -0.15) is 0 Å². The van der Waals surface area contributed by atoms with Crippen LogP contribution in [0.3, 0.4) is 0 Å². The van der Waals surface area contributed by atoms with Crippen molar-refractivity contribution in [3.05, 3.63) is 41.5 Å². The van der Waals surface area contributed by atoms with Gasteiger partial charge in [0.1, 0.15) is 0 Å². The Kier molecular flexibility index (Phi) is 8.79. The molecule has 1 aliphatic rings. The largest absolute Gasteiger partial charge is 0.492 e. The van der Waals surface area contributed by atoms with Crippen LogP contribution in [0.5, 0.6) is 34.5 Å². The van der Waals surface area contributed by atoms with Gasteiger partial charge in [-0.1, -0.05) is 0 Å². The van der Waals surface area contributed by atoms with Gasteiger partial charge in [-0.3, -0.25) is 9.59 Å². The van der Waals surface area contributed by atoms with Crippen LogP contribution in [-0.2, 0) is 28.7 Å². The second kappa shape index (κ2) is 12.0. The van der Waals surface area contributed by atoms with Gasteiger partial charge >= 0.3 is 23.9 Å². The van der Waals surface area contributed by atoms with Crippen molar-refractivity contribution in [1.82, 2.24) is 0 Å². The van der Waals surface area contributed by atoms with Crippen LogP contribution in [-0.4, -0.2) is 58.4 Å². The predicted molar refractivity (Wildman–Crippen MR) is 129 cm³/mol. The summed E-state index contributed by atoms with van der Waals surface area (Å²) in [7, 11) is 5.11. The van der Waals surface area contributed by atoms with E-state index in [0.29, 0.717) is 5.56 Å². The molecule has 12 heteroatoms. The van der Waals surface area contributed by atoms with Gasteiger partial charge in [0.05, 0.1) is 28.4 Å². The molecule has 0 N–H and O–H groups in total. The molecule has 0 amide bonds. The maximum Gasteiger partial charge on any atom is 0.351 e. The molecule has 0 bridgehead atoms. The Morgan fingerprint density at radius 3 is 2.05 bits per heavy atom. The normalized spacial score (nSPS) is 15.8. The van der Waals surface area contributed by atoms with Crippen LogP contribution < -0.4 is 28.4 Å². The van der Waals surface area contributed by atoms with E-state index >= 15 is 0 Å². The van der Waals surface area contributed by atoms with E-state index in [-0.39, 0.29) is 40.1 Å². The van der Waals surface area contributed by atoms with Crippen LogP contribution in [0.1, 0.15) is 31.1 Å². The molecule has 38 heavy (non-hydrogen) atoms. The lowest BCUT2D eigenvalue weighted by atomic mass is 10.00. The minimum Gasteiger partial charge on any atom is -0.492 e. The predicted octanol–water partition coefficient (Wildman–Crippen LogP) is 2.79. The van der Waals surface area contributed by atoms with E-state index < -0.39 is 36.1 Å². The van der Waals surface area contributed by atoms with E-state index in [4.69, 9.17) is 33.2 Å². The van der Waals surface area contributed by atoms with Crippen LogP contribution in [0, 0.1) is 0 Å². The van der Waals surface area contributed by atoms with Crippen molar-refractivity contribution in [2.75, 3.05) is 28.4 Å². The third-order valence-corrected chi connectivity index (χ3v) is 5.23. The van der Waals surface area contributed by atoms with E-state index in [9.17, 15) is 19.2 Å². The molecule has 0 unspecified atom stereocenters. The maximum absolute atomic E-state index is 12.8. The number of fused-ring (bicyclic) bond motifs is 1. The molecular weight excluding hydrogens is 504 g/mol. The first-order valence-corrected chi connectivity index (χ1v) is 11.1. The molecule has 0 aliphatic carbocycles. The SMILES string of the molecule is COC(=O)/C=C/c1ccc2c(c1OC)O[C@@H](C(=O)OC)[C@@H](c1ccc(OC(C)=O)c(OC(C)=O)c1OC)O2.